The van der Waals surface area contributed by atoms with Gasteiger partial charge in [-0.25, -0.2) is 0 Å². The topological polar surface area (TPSA) is 43.4 Å². The summed E-state index contributed by atoms with van der Waals surface area (Å²) in [6.07, 6.45) is 7.43. The molecule has 0 radical (unpaired) electrons. The van der Waals surface area contributed by atoms with Gasteiger partial charge in [-0.05, 0) is 55.9 Å². The highest BCUT2D eigenvalue weighted by Crippen LogP contribution is 2.32. The van der Waals surface area contributed by atoms with E-state index in [-0.39, 0.29) is 11.9 Å². The van der Waals surface area contributed by atoms with Gasteiger partial charge in [0.15, 0.2) is 0 Å². The van der Waals surface area contributed by atoms with Gasteiger partial charge in [0.2, 0.25) is 0 Å². The molecular weight excluding hydrogens is 252 g/mol. The predicted octanol–water partition coefficient (Wildman–Crippen LogP) is 4.01. The minimum Gasteiger partial charge on any atom is -0.426 e. The third-order valence-electron chi connectivity index (χ3n) is 4.11. The number of carbonyl (C=O) groups is 2. The number of hydrogen-bond acceptors (Lipinski definition) is 3. The van der Waals surface area contributed by atoms with E-state index < -0.39 is 0 Å². The molecule has 0 aliphatic heterocycles. The summed E-state index contributed by atoms with van der Waals surface area (Å²) in [6, 6.07) is 6.66. The molecule has 108 valence electrons. The predicted molar refractivity (Wildman–Crippen MR) is 77.8 cm³/mol. The van der Waals surface area contributed by atoms with Crippen LogP contribution in [0.15, 0.2) is 24.3 Å². The van der Waals surface area contributed by atoms with E-state index in [9.17, 15) is 9.59 Å². The van der Waals surface area contributed by atoms with Crippen LogP contribution < -0.4 is 4.74 Å². The standard InChI is InChI=1S/C17H22O3/c1-2-3-13-4-8-15(9-5-13)17(19)20-16-10-6-14(12-18)7-11-16/h6-7,10-13,15H,2-5,8-9H2,1H3. The first-order valence-electron chi connectivity index (χ1n) is 7.50. The van der Waals surface area contributed by atoms with E-state index in [1.165, 1.54) is 12.8 Å². The first-order valence-corrected chi connectivity index (χ1v) is 7.50. The molecule has 1 fully saturated rings. The normalized spacial score (nSPS) is 22.2. The molecule has 3 heteroatoms. The highest BCUT2D eigenvalue weighted by molar-refractivity contribution is 5.77. The fraction of sp³-hybridized carbons (Fsp3) is 0.529. The lowest BCUT2D eigenvalue weighted by molar-refractivity contribution is -0.140. The Balaban J connectivity index is 1.84. The number of rotatable bonds is 5. The van der Waals surface area contributed by atoms with Crippen molar-refractivity contribution in [3.63, 3.8) is 0 Å². The van der Waals surface area contributed by atoms with Crippen molar-refractivity contribution in [2.45, 2.75) is 45.4 Å². The average molecular weight is 274 g/mol. The van der Waals surface area contributed by atoms with Gasteiger partial charge in [0.1, 0.15) is 12.0 Å². The maximum atomic E-state index is 12.1. The van der Waals surface area contributed by atoms with Crippen molar-refractivity contribution >= 4 is 12.3 Å². The Hall–Kier alpha value is -1.64. The van der Waals surface area contributed by atoms with Gasteiger partial charge in [0.25, 0.3) is 0 Å². The van der Waals surface area contributed by atoms with E-state index in [1.54, 1.807) is 24.3 Å². The molecule has 0 unspecified atom stereocenters. The molecule has 2 rings (SSSR count). The third kappa shape index (κ3) is 3.92. The summed E-state index contributed by atoms with van der Waals surface area (Å²) < 4.78 is 5.39. The van der Waals surface area contributed by atoms with E-state index in [2.05, 4.69) is 6.92 Å². The molecule has 1 aromatic carbocycles. The second kappa shape index (κ2) is 7.22. The van der Waals surface area contributed by atoms with Crippen LogP contribution in [0.5, 0.6) is 5.75 Å². The number of benzene rings is 1. The molecule has 0 amide bonds. The minimum absolute atomic E-state index is 0.0360. The number of carbonyl (C=O) groups excluding carboxylic acids is 2. The van der Waals surface area contributed by atoms with Crippen molar-refractivity contribution in [1.82, 2.24) is 0 Å². The van der Waals surface area contributed by atoms with Crippen LogP contribution >= 0.6 is 0 Å². The summed E-state index contributed by atoms with van der Waals surface area (Å²) in [5, 5.41) is 0. The van der Waals surface area contributed by atoms with Crippen molar-refractivity contribution in [2.75, 3.05) is 0 Å². The molecule has 0 spiro atoms. The Bertz CT molecular complexity index is 442. The van der Waals surface area contributed by atoms with Gasteiger partial charge in [-0.3, -0.25) is 9.59 Å². The van der Waals surface area contributed by atoms with Crippen LogP contribution in [-0.2, 0) is 4.79 Å². The number of aldehydes is 1. The zero-order valence-corrected chi connectivity index (χ0v) is 12.0. The molecule has 20 heavy (non-hydrogen) atoms. The minimum atomic E-state index is -0.126. The molecule has 1 aliphatic carbocycles. The van der Waals surface area contributed by atoms with Crippen molar-refractivity contribution in [3.05, 3.63) is 29.8 Å². The van der Waals surface area contributed by atoms with Crippen LogP contribution in [0, 0.1) is 11.8 Å². The van der Waals surface area contributed by atoms with E-state index in [0.717, 1.165) is 37.9 Å². The van der Waals surface area contributed by atoms with Crippen LogP contribution in [0.2, 0.25) is 0 Å². The fourth-order valence-corrected chi connectivity index (χ4v) is 2.91. The summed E-state index contributed by atoms with van der Waals surface area (Å²) in [6.45, 7) is 2.21. The van der Waals surface area contributed by atoms with Gasteiger partial charge in [0, 0.05) is 5.56 Å². The van der Waals surface area contributed by atoms with Crippen LogP contribution in [0.25, 0.3) is 0 Å². The lowest BCUT2D eigenvalue weighted by Gasteiger charge is -2.26. The Morgan fingerprint density at radius 1 is 1.20 bits per heavy atom. The monoisotopic (exact) mass is 274 g/mol. The summed E-state index contributed by atoms with van der Waals surface area (Å²) in [5.74, 6) is 1.22. The number of ether oxygens (including phenoxy) is 1. The molecule has 0 saturated heterocycles. The summed E-state index contributed by atoms with van der Waals surface area (Å²) in [7, 11) is 0. The van der Waals surface area contributed by atoms with E-state index in [4.69, 9.17) is 4.74 Å². The Labute approximate surface area is 120 Å². The van der Waals surface area contributed by atoms with Gasteiger partial charge in [-0.15, -0.1) is 0 Å². The highest BCUT2D eigenvalue weighted by atomic mass is 16.5. The Morgan fingerprint density at radius 2 is 1.85 bits per heavy atom. The molecule has 0 N–H and O–H groups in total. The number of esters is 1. The van der Waals surface area contributed by atoms with E-state index in [1.807, 2.05) is 0 Å². The average Bonchev–Trinajstić information content (AvgIpc) is 2.49. The van der Waals surface area contributed by atoms with Crippen molar-refractivity contribution in [3.8, 4) is 5.75 Å². The maximum Gasteiger partial charge on any atom is 0.314 e. The second-order valence-electron chi connectivity index (χ2n) is 5.61. The van der Waals surface area contributed by atoms with E-state index in [0.29, 0.717) is 11.3 Å². The molecule has 1 saturated carbocycles. The molecule has 1 aromatic rings. The SMILES string of the molecule is CCCC1CCC(C(=O)Oc2ccc(C=O)cc2)CC1. The second-order valence-corrected chi connectivity index (χ2v) is 5.61. The lowest BCUT2D eigenvalue weighted by atomic mass is 9.80. The van der Waals surface area contributed by atoms with Gasteiger partial charge in [0.05, 0.1) is 5.92 Å². The van der Waals surface area contributed by atoms with Gasteiger partial charge < -0.3 is 4.74 Å². The summed E-state index contributed by atoms with van der Waals surface area (Å²) in [4.78, 5) is 22.7. The van der Waals surface area contributed by atoms with Crippen molar-refractivity contribution < 1.29 is 14.3 Å². The van der Waals surface area contributed by atoms with Gasteiger partial charge >= 0.3 is 5.97 Å². The molecule has 0 bridgehead atoms. The molecule has 3 nitrogen and oxygen atoms in total. The largest absolute Gasteiger partial charge is 0.426 e. The smallest absolute Gasteiger partial charge is 0.314 e. The molecule has 0 aromatic heterocycles. The first kappa shape index (κ1) is 14.8. The third-order valence-corrected chi connectivity index (χ3v) is 4.11. The molecule has 0 atom stereocenters. The fourth-order valence-electron chi connectivity index (χ4n) is 2.91. The van der Waals surface area contributed by atoms with Crippen LogP contribution in [0.1, 0.15) is 55.8 Å². The lowest BCUT2D eigenvalue weighted by Crippen LogP contribution is -2.25. The van der Waals surface area contributed by atoms with Crippen molar-refractivity contribution in [2.24, 2.45) is 11.8 Å². The van der Waals surface area contributed by atoms with Crippen LogP contribution in [-0.4, -0.2) is 12.3 Å². The summed E-state index contributed by atoms with van der Waals surface area (Å²) in [5.41, 5.74) is 0.588. The number of hydrogen-bond donors (Lipinski definition) is 0. The Morgan fingerprint density at radius 3 is 2.40 bits per heavy atom. The molecule has 0 heterocycles. The van der Waals surface area contributed by atoms with Gasteiger partial charge in [-0.1, -0.05) is 19.8 Å². The highest BCUT2D eigenvalue weighted by Gasteiger charge is 2.27. The Kier molecular flexibility index (Phi) is 5.33. The van der Waals surface area contributed by atoms with Crippen molar-refractivity contribution in [1.29, 1.82) is 0 Å². The maximum absolute atomic E-state index is 12.1. The molecule has 1 aliphatic rings. The van der Waals surface area contributed by atoms with Gasteiger partial charge in [-0.2, -0.15) is 0 Å². The first-order chi connectivity index (χ1) is 9.72. The zero-order chi connectivity index (χ0) is 14.4. The van der Waals surface area contributed by atoms with Crippen LogP contribution in [0.3, 0.4) is 0 Å². The quantitative estimate of drug-likeness (QED) is 0.463. The van der Waals surface area contributed by atoms with E-state index >= 15 is 0 Å². The molecular formula is C17H22O3. The summed E-state index contributed by atoms with van der Waals surface area (Å²) >= 11 is 0. The zero-order valence-electron chi connectivity index (χ0n) is 12.0. The van der Waals surface area contributed by atoms with Crippen LogP contribution in [0.4, 0.5) is 0 Å².